The molecule has 1 saturated carbocycles. The van der Waals surface area contributed by atoms with Gasteiger partial charge in [0.05, 0.1) is 6.10 Å². The number of carboxylic acid groups (broad SMARTS) is 2. The van der Waals surface area contributed by atoms with Crippen LogP contribution in [0, 0.1) is 5.92 Å². The summed E-state index contributed by atoms with van der Waals surface area (Å²) in [5.74, 6) is -4.86. The third-order valence-corrected chi connectivity index (χ3v) is 6.02. The van der Waals surface area contributed by atoms with Crippen molar-refractivity contribution in [2.24, 2.45) is 5.92 Å². The molecule has 3 heterocycles. The van der Waals surface area contributed by atoms with Gasteiger partial charge in [-0.15, -0.1) is 0 Å². The Kier molecular flexibility index (Phi) is 10.7. The summed E-state index contributed by atoms with van der Waals surface area (Å²) in [5, 5.41) is 17.4. The topological polar surface area (TPSA) is 129 Å². The average Bonchev–Trinajstić information content (AvgIpc) is 3.20. The van der Waals surface area contributed by atoms with E-state index in [4.69, 9.17) is 24.5 Å². The summed E-state index contributed by atoms with van der Waals surface area (Å²) in [7, 11) is 0. The van der Waals surface area contributed by atoms with E-state index >= 15 is 0 Å². The van der Waals surface area contributed by atoms with E-state index in [9.17, 15) is 31.1 Å². The van der Waals surface area contributed by atoms with Crippen LogP contribution in [0.15, 0.2) is 24.5 Å². The van der Waals surface area contributed by atoms with Crippen molar-refractivity contribution < 1.29 is 55.7 Å². The Labute approximate surface area is 207 Å². The number of carbonyl (C=O) groups excluding carboxylic acids is 1. The summed E-state index contributed by atoms with van der Waals surface area (Å²) >= 11 is 0. The third-order valence-electron chi connectivity index (χ3n) is 6.02. The van der Waals surface area contributed by atoms with E-state index in [2.05, 4.69) is 27.3 Å². The van der Waals surface area contributed by atoms with Crippen LogP contribution < -0.4 is 5.32 Å². The van der Waals surface area contributed by atoms with Gasteiger partial charge < -0.3 is 20.3 Å². The first-order valence-corrected chi connectivity index (χ1v) is 11.3. The number of nitrogens with one attached hydrogen (secondary N) is 1. The fraction of sp³-hybridized carbons (Fsp3) is 0.636. The number of pyridine rings is 1. The lowest BCUT2D eigenvalue weighted by Gasteiger charge is -2.34. The normalized spacial score (nSPS) is 23.8. The van der Waals surface area contributed by atoms with Crippen molar-refractivity contribution in [1.82, 2.24) is 15.2 Å². The van der Waals surface area contributed by atoms with Crippen LogP contribution in [0.25, 0.3) is 0 Å². The zero-order valence-electron chi connectivity index (χ0n) is 19.5. The highest BCUT2D eigenvalue weighted by Crippen LogP contribution is 2.34. The SMILES string of the molecule is O=C(NC1CCC1)[C@@H]1C[C@@H]2CCN(Cc3ccncc3)C[C@@H]2O1.O=C(O)C(F)(F)F.O=C(O)C(F)(F)F. The Hall–Kier alpha value is -2.94. The Morgan fingerprint density at radius 2 is 1.54 bits per heavy atom. The van der Waals surface area contributed by atoms with Crippen LogP contribution in [0.5, 0.6) is 0 Å². The molecule has 4 rings (SSSR count). The zero-order valence-corrected chi connectivity index (χ0v) is 19.5. The van der Waals surface area contributed by atoms with Gasteiger partial charge in [-0.1, -0.05) is 0 Å². The molecule has 1 aromatic heterocycles. The number of fused-ring (bicyclic) bond motifs is 1. The molecule has 3 fully saturated rings. The minimum atomic E-state index is -5.08. The van der Waals surface area contributed by atoms with Gasteiger partial charge in [-0.3, -0.25) is 14.7 Å². The van der Waals surface area contributed by atoms with Gasteiger partial charge in [-0.05, 0) is 62.3 Å². The third kappa shape index (κ3) is 10.1. The maximum absolute atomic E-state index is 12.3. The molecular weight excluding hydrogens is 516 g/mol. The molecule has 0 radical (unpaired) electrons. The van der Waals surface area contributed by atoms with Gasteiger partial charge in [0.15, 0.2) is 0 Å². The molecule has 3 atom stereocenters. The van der Waals surface area contributed by atoms with Crippen LogP contribution in [-0.2, 0) is 25.7 Å². The zero-order chi connectivity index (χ0) is 27.8. The number of piperidine rings is 1. The van der Waals surface area contributed by atoms with E-state index in [1.54, 1.807) is 0 Å². The standard InChI is InChI=1S/C18H25N3O2.2C2HF3O2/c22-18(20-15-2-1-3-15)16-10-14-6-9-21(12-17(14)23-16)11-13-4-7-19-8-5-13;2*3-2(4,5)1(6)7/h4-5,7-8,14-17H,1-3,6,9-12H2,(H,20,22);2*(H,6,7)/t14-,16-,17-;;/m0../s1. The van der Waals surface area contributed by atoms with Crippen LogP contribution in [0.1, 0.15) is 37.7 Å². The summed E-state index contributed by atoms with van der Waals surface area (Å²) < 4.78 is 69.6. The van der Waals surface area contributed by atoms with Gasteiger partial charge in [0, 0.05) is 31.5 Å². The first-order chi connectivity index (χ1) is 17.2. The van der Waals surface area contributed by atoms with Gasteiger partial charge in [0.25, 0.3) is 0 Å². The van der Waals surface area contributed by atoms with Crippen molar-refractivity contribution >= 4 is 17.8 Å². The fourth-order valence-corrected chi connectivity index (χ4v) is 3.90. The van der Waals surface area contributed by atoms with Gasteiger partial charge in [-0.25, -0.2) is 9.59 Å². The fourth-order valence-electron chi connectivity index (χ4n) is 3.90. The smallest absolute Gasteiger partial charge is 0.475 e. The molecule has 3 N–H and O–H groups in total. The summed E-state index contributed by atoms with van der Waals surface area (Å²) in [4.78, 5) is 36.6. The van der Waals surface area contributed by atoms with Gasteiger partial charge >= 0.3 is 24.3 Å². The largest absolute Gasteiger partial charge is 0.490 e. The Bertz CT molecular complexity index is 886. The number of halogens is 6. The minimum absolute atomic E-state index is 0.116. The molecule has 2 aliphatic heterocycles. The Morgan fingerprint density at radius 3 is 2.00 bits per heavy atom. The van der Waals surface area contributed by atoms with Crippen molar-refractivity contribution in [3.05, 3.63) is 30.1 Å². The second-order valence-electron chi connectivity index (χ2n) is 8.78. The molecule has 9 nitrogen and oxygen atoms in total. The number of ether oxygens (including phenoxy) is 1. The lowest BCUT2D eigenvalue weighted by atomic mass is 9.90. The predicted molar refractivity (Wildman–Crippen MR) is 114 cm³/mol. The number of nitrogens with zero attached hydrogens (tertiary/aromatic N) is 2. The minimum Gasteiger partial charge on any atom is -0.475 e. The second-order valence-corrected chi connectivity index (χ2v) is 8.78. The van der Waals surface area contributed by atoms with Gasteiger partial charge in [0.2, 0.25) is 5.91 Å². The quantitative estimate of drug-likeness (QED) is 0.495. The first kappa shape index (κ1) is 30.3. The molecule has 1 aliphatic carbocycles. The Balaban J connectivity index is 0.000000286. The lowest BCUT2D eigenvalue weighted by Crippen LogP contribution is -2.45. The van der Waals surface area contributed by atoms with E-state index < -0.39 is 24.3 Å². The van der Waals surface area contributed by atoms with Crippen molar-refractivity contribution in [3.8, 4) is 0 Å². The number of carboxylic acids is 2. The van der Waals surface area contributed by atoms with Gasteiger partial charge in [-0.2, -0.15) is 26.3 Å². The van der Waals surface area contributed by atoms with Crippen LogP contribution in [-0.4, -0.2) is 81.6 Å². The number of hydrogen-bond donors (Lipinski definition) is 3. The summed E-state index contributed by atoms with van der Waals surface area (Å²) in [5.41, 5.74) is 1.29. The van der Waals surface area contributed by atoms with E-state index in [0.29, 0.717) is 12.0 Å². The molecule has 0 bridgehead atoms. The number of aromatic nitrogens is 1. The van der Waals surface area contributed by atoms with Crippen molar-refractivity contribution in [1.29, 1.82) is 0 Å². The van der Waals surface area contributed by atoms with Crippen molar-refractivity contribution in [2.75, 3.05) is 13.1 Å². The molecule has 3 aliphatic rings. The first-order valence-electron chi connectivity index (χ1n) is 11.3. The highest BCUT2D eigenvalue weighted by molar-refractivity contribution is 5.81. The van der Waals surface area contributed by atoms with Crippen LogP contribution in [0.4, 0.5) is 26.3 Å². The summed E-state index contributed by atoms with van der Waals surface area (Å²) in [6.07, 6.45) is -0.977. The number of aliphatic carboxylic acids is 2. The lowest BCUT2D eigenvalue weighted by molar-refractivity contribution is -0.193. The number of alkyl halides is 6. The number of carbonyl (C=O) groups is 3. The van der Waals surface area contributed by atoms with E-state index in [-0.39, 0.29) is 18.1 Å². The molecule has 208 valence electrons. The molecule has 0 unspecified atom stereocenters. The number of hydrogen-bond acceptors (Lipinski definition) is 6. The molecule has 15 heteroatoms. The second kappa shape index (κ2) is 13.0. The van der Waals surface area contributed by atoms with Crippen molar-refractivity contribution in [3.63, 3.8) is 0 Å². The number of amides is 1. The molecule has 0 spiro atoms. The molecular formula is C22H27F6N3O6. The molecule has 1 amide bonds. The highest BCUT2D eigenvalue weighted by Gasteiger charge is 2.42. The highest BCUT2D eigenvalue weighted by atomic mass is 19.4. The summed E-state index contributed by atoms with van der Waals surface area (Å²) in [6, 6.07) is 4.53. The Morgan fingerprint density at radius 1 is 1.00 bits per heavy atom. The average molecular weight is 543 g/mol. The predicted octanol–water partition coefficient (Wildman–Crippen LogP) is 3.00. The van der Waals surface area contributed by atoms with Gasteiger partial charge in [0.1, 0.15) is 6.10 Å². The van der Waals surface area contributed by atoms with Crippen LogP contribution in [0.2, 0.25) is 0 Å². The van der Waals surface area contributed by atoms with E-state index in [1.807, 2.05) is 12.4 Å². The monoisotopic (exact) mass is 543 g/mol. The number of rotatable bonds is 4. The maximum Gasteiger partial charge on any atom is 0.490 e. The molecule has 1 aromatic rings. The van der Waals surface area contributed by atoms with E-state index in [1.165, 1.54) is 12.0 Å². The summed E-state index contributed by atoms with van der Waals surface area (Å²) in [6.45, 7) is 2.96. The maximum atomic E-state index is 12.3. The molecule has 2 saturated heterocycles. The number of likely N-dealkylation sites (tertiary alicyclic amines) is 1. The van der Waals surface area contributed by atoms with E-state index in [0.717, 1.165) is 45.3 Å². The molecule has 0 aromatic carbocycles. The van der Waals surface area contributed by atoms with Crippen LogP contribution >= 0.6 is 0 Å². The van der Waals surface area contributed by atoms with Crippen LogP contribution in [0.3, 0.4) is 0 Å². The molecule has 37 heavy (non-hydrogen) atoms. The van der Waals surface area contributed by atoms with Crippen molar-refractivity contribution in [2.45, 2.75) is 69.3 Å².